The number of para-hydroxylation sites is 1. The van der Waals surface area contributed by atoms with E-state index < -0.39 is 12.1 Å². The molecule has 1 N–H and O–H groups in total. The second kappa shape index (κ2) is 5.76. The van der Waals surface area contributed by atoms with E-state index in [9.17, 15) is 9.90 Å². The average molecular weight is 327 g/mol. The number of nitrogens with zero attached hydrogens (tertiary/aromatic N) is 3. The van der Waals surface area contributed by atoms with Crippen LogP contribution in [0.5, 0.6) is 5.75 Å². The van der Waals surface area contributed by atoms with Crippen LogP contribution in [0, 0.1) is 6.92 Å². The third kappa shape index (κ3) is 2.56. The summed E-state index contributed by atoms with van der Waals surface area (Å²) in [4.78, 5) is 18.7. The fourth-order valence-corrected chi connectivity index (χ4v) is 3.14. The number of aliphatic hydroxyl groups excluding tert-OH is 1. The number of hydrogen-bond donors (Lipinski definition) is 1. The number of likely N-dealkylation sites (tertiary alicyclic amines) is 1. The first-order valence-electron chi connectivity index (χ1n) is 7.83. The summed E-state index contributed by atoms with van der Waals surface area (Å²) in [6, 6.07) is 7.16. The lowest BCUT2D eigenvalue weighted by Crippen LogP contribution is -2.35. The van der Waals surface area contributed by atoms with Gasteiger partial charge >= 0.3 is 0 Å². The molecular formula is C17H17N3O4. The number of hydrogen-bond acceptors (Lipinski definition) is 6. The molecule has 3 heterocycles. The fraction of sp³-hybridized carbons (Fsp3) is 0.353. The van der Waals surface area contributed by atoms with Gasteiger partial charge in [0.05, 0.1) is 11.7 Å². The molecular weight excluding hydrogens is 310 g/mol. The molecule has 0 saturated carbocycles. The van der Waals surface area contributed by atoms with Crippen LogP contribution >= 0.6 is 0 Å². The van der Waals surface area contributed by atoms with Gasteiger partial charge in [-0.15, -0.1) is 0 Å². The summed E-state index contributed by atoms with van der Waals surface area (Å²) in [5, 5.41) is 13.8. The Morgan fingerprint density at radius 2 is 2.21 bits per heavy atom. The second-order valence-electron chi connectivity index (χ2n) is 6.04. The Labute approximate surface area is 138 Å². The van der Waals surface area contributed by atoms with E-state index in [2.05, 4.69) is 10.1 Å². The zero-order chi connectivity index (χ0) is 16.7. The van der Waals surface area contributed by atoms with Crippen LogP contribution in [0.2, 0.25) is 0 Å². The number of ether oxygens (including phenoxy) is 1. The summed E-state index contributed by atoms with van der Waals surface area (Å²) < 4.78 is 10.9. The van der Waals surface area contributed by atoms with Crippen LogP contribution in [0.15, 0.2) is 34.4 Å². The van der Waals surface area contributed by atoms with E-state index in [0.29, 0.717) is 23.7 Å². The smallest absolute Gasteiger partial charge is 0.254 e. The van der Waals surface area contributed by atoms with Crippen molar-refractivity contribution in [3.8, 4) is 5.75 Å². The zero-order valence-electron chi connectivity index (χ0n) is 13.2. The minimum atomic E-state index is -0.608. The number of benzene rings is 1. The van der Waals surface area contributed by atoms with Gasteiger partial charge < -0.3 is 19.3 Å². The van der Waals surface area contributed by atoms with Crippen molar-refractivity contribution in [3.63, 3.8) is 0 Å². The van der Waals surface area contributed by atoms with Crippen molar-refractivity contribution in [1.29, 1.82) is 0 Å². The van der Waals surface area contributed by atoms with E-state index in [0.717, 1.165) is 11.3 Å². The van der Waals surface area contributed by atoms with Crippen LogP contribution in [-0.4, -0.2) is 45.3 Å². The van der Waals surface area contributed by atoms with Gasteiger partial charge in [-0.1, -0.05) is 23.4 Å². The Morgan fingerprint density at radius 3 is 3.00 bits per heavy atom. The molecule has 0 bridgehead atoms. The lowest BCUT2D eigenvalue weighted by Gasteiger charge is -2.25. The first-order chi connectivity index (χ1) is 11.6. The Kier molecular flexibility index (Phi) is 3.57. The molecule has 1 aromatic heterocycles. The zero-order valence-corrected chi connectivity index (χ0v) is 13.2. The number of carbonyl (C=O) groups excluding carboxylic acids is 1. The van der Waals surface area contributed by atoms with Crippen LogP contribution in [0.3, 0.4) is 0 Å². The number of aryl methyl sites for hydroxylation is 1. The van der Waals surface area contributed by atoms with Crippen molar-refractivity contribution >= 4 is 12.0 Å². The second-order valence-corrected chi connectivity index (χ2v) is 6.04. The summed E-state index contributed by atoms with van der Waals surface area (Å²) in [6.07, 6.45) is 1.61. The number of amides is 1. The van der Waals surface area contributed by atoms with Gasteiger partial charge in [0.2, 0.25) is 5.89 Å². The number of rotatable bonds is 2. The third-order valence-corrected chi connectivity index (χ3v) is 4.27. The first kappa shape index (κ1) is 14.9. The maximum Gasteiger partial charge on any atom is 0.254 e. The van der Waals surface area contributed by atoms with E-state index in [4.69, 9.17) is 9.26 Å². The molecule has 2 aromatic rings. The molecule has 0 spiro atoms. The molecule has 7 nitrogen and oxygen atoms in total. The SMILES string of the molecule is Cc1noc([C@H]2C[C@@H](O)CN2C(=O)C2=Cc3ccccc3OC2)n1. The molecule has 7 heteroatoms. The van der Waals surface area contributed by atoms with Gasteiger partial charge in [0.15, 0.2) is 5.82 Å². The van der Waals surface area contributed by atoms with Crippen LogP contribution < -0.4 is 4.74 Å². The van der Waals surface area contributed by atoms with Gasteiger partial charge in [0, 0.05) is 18.5 Å². The molecule has 0 aliphatic carbocycles. The third-order valence-electron chi connectivity index (χ3n) is 4.27. The first-order valence-corrected chi connectivity index (χ1v) is 7.83. The fourth-order valence-electron chi connectivity index (χ4n) is 3.14. The van der Waals surface area contributed by atoms with Crippen molar-refractivity contribution in [2.45, 2.75) is 25.5 Å². The topological polar surface area (TPSA) is 88.7 Å². The maximum absolute atomic E-state index is 12.9. The number of aliphatic hydroxyl groups is 1. The van der Waals surface area contributed by atoms with Gasteiger partial charge in [-0.25, -0.2) is 0 Å². The highest BCUT2D eigenvalue weighted by Gasteiger charge is 2.40. The number of β-amino-alcohol motifs (C(OH)–C–C–N with tert-alkyl or cyclic N) is 1. The van der Waals surface area contributed by atoms with Crippen molar-refractivity contribution < 1.29 is 19.2 Å². The van der Waals surface area contributed by atoms with Crippen LogP contribution in [0.1, 0.15) is 29.7 Å². The van der Waals surface area contributed by atoms with Crippen molar-refractivity contribution in [3.05, 3.63) is 47.1 Å². The normalized spacial score (nSPS) is 22.8. The molecule has 0 radical (unpaired) electrons. The highest BCUT2D eigenvalue weighted by Crippen LogP contribution is 2.34. The van der Waals surface area contributed by atoms with Crippen LogP contribution in [0.25, 0.3) is 6.08 Å². The molecule has 4 rings (SSSR count). The maximum atomic E-state index is 12.9. The minimum absolute atomic E-state index is 0.179. The van der Waals surface area contributed by atoms with Gasteiger partial charge in [-0.2, -0.15) is 4.98 Å². The van der Waals surface area contributed by atoms with E-state index in [1.165, 1.54) is 0 Å². The van der Waals surface area contributed by atoms with Gasteiger partial charge in [-0.05, 0) is 19.1 Å². The standard InChI is InChI=1S/C17H17N3O4/c1-10-18-16(24-19-10)14-7-13(21)8-20(14)17(22)12-6-11-4-2-3-5-15(11)23-9-12/h2-6,13-14,21H,7-9H2,1H3/t13-,14-/m1/s1. The van der Waals surface area contributed by atoms with Gasteiger partial charge in [0.1, 0.15) is 18.4 Å². The predicted octanol–water partition coefficient (Wildman–Crippen LogP) is 1.49. The summed E-state index contributed by atoms with van der Waals surface area (Å²) in [7, 11) is 0. The molecule has 1 amide bonds. The molecule has 1 fully saturated rings. The van der Waals surface area contributed by atoms with Crippen molar-refractivity contribution in [2.24, 2.45) is 0 Å². The molecule has 1 aromatic carbocycles. The summed E-state index contributed by atoms with van der Waals surface area (Å²) in [5.74, 6) is 1.45. The molecule has 2 atom stereocenters. The van der Waals surface area contributed by atoms with E-state index >= 15 is 0 Å². The molecule has 1 saturated heterocycles. The lowest BCUT2D eigenvalue weighted by molar-refractivity contribution is -0.129. The van der Waals surface area contributed by atoms with Crippen molar-refractivity contribution in [2.75, 3.05) is 13.2 Å². The lowest BCUT2D eigenvalue weighted by atomic mass is 10.1. The Bertz CT molecular complexity index is 814. The quantitative estimate of drug-likeness (QED) is 0.899. The van der Waals surface area contributed by atoms with Gasteiger partial charge in [-0.3, -0.25) is 4.79 Å². The molecule has 2 aliphatic rings. The van der Waals surface area contributed by atoms with E-state index in [1.807, 2.05) is 30.3 Å². The Hall–Kier alpha value is -2.67. The Morgan fingerprint density at radius 1 is 1.38 bits per heavy atom. The summed E-state index contributed by atoms with van der Waals surface area (Å²) in [5.41, 5.74) is 1.42. The minimum Gasteiger partial charge on any atom is -0.488 e. The molecule has 2 aliphatic heterocycles. The predicted molar refractivity (Wildman–Crippen MR) is 84.0 cm³/mol. The number of fused-ring (bicyclic) bond motifs is 1. The summed E-state index contributed by atoms with van der Waals surface area (Å²) in [6.45, 7) is 2.17. The summed E-state index contributed by atoms with van der Waals surface area (Å²) >= 11 is 0. The number of carbonyl (C=O) groups is 1. The average Bonchev–Trinajstić information content (AvgIpc) is 3.19. The van der Waals surface area contributed by atoms with Crippen LogP contribution in [-0.2, 0) is 4.79 Å². The molecule has 124 valence electrons. The van der Waals surface area contributed by atoms with E-state index in [1.54, 1.807) is 11.8 Å². The highest BCUT2D eigenvalue weighted by atomic mass is 16.5. The van der Waals surface area contributed by atoms with E-state index in [-0.39, 0.29) is 19.1 Å². The largest absolute Gasteiger partial charge is 0.488 e. The van der Waals surface area contributed by atoms with Gasteiger partial charge in [0.25, 0.3) is 5.91 Å². The molecule has 0 unspecified atom stereocenters. The highest BCUT2D eigenvalue weighted by molar-refractivity contribution is 5.99. The monoisotopic (exact) mass is 327 g/mol. The van der Waals surface area contributed by atoms with Crippen molar-refractivity contribution in [1.82, 2.24) is 15.0 Å². The number of aromatic nitrogens is 2. The van der Waals surface area contributed by atoms with Crippen LogP contribution in [0.4, 0.5) is 0 Å². The Balaban J connectivity index is 1.62. The molecule has 24 heavy (non-hydrogen) atoms.